The van der Waals surface area contributed by atoms with Crippen molar-refractivity contribution in [2.24, 2.45) is 0 Å². The summed E-state index contributed by atoms with van der Waals surface area (Å²) in [6, 6.07) is 23.3. The molecule has 0 radical (unpaired) electrons. The lowest BCUT2D eigenvalue weighted by Crippen LogP contribution is -2.52. The average molecular weight is 526 g/mol. The fourth-order valence-corrected chi connectivity index (χ4v) is 4.71. The van der Waals surface area contributed by atoms with Crippen LogP contribution in [0.2, 0.25) is 0 Å². The minimum atomic E-state index is -1.54. The Hall–Kier alpha value is -4.34. The van der Waals surface area contributed by atoms with Crippen LogP contribution in [0.5, 0.6) is 0 Å². The summed E-state index contributed by atoms with van der Waals surface area (Å²) in [5.74, 6) is -0.854. The van der Waals surface area contributed by atoms with E-state index in [9.17, 15) is 14.7 Å². The first-order valence-electron chi connectivity index (χ1n) is 13.1. The quantitative estimate of drug-likeness (QED) is 0.272. The van der Waals surface area contributed by atoms with Crippen LogP contribution in [0.25, 0.3) is 17.1 Å². The topological polar surface area (TPSA) is 118 Å². The molecule has 2 aromatic heterocycles. The van der Waals surface area contributed by atoms with Crippen molar-refractivity contribution in [1.29, 1.82) is 0 Å². The zero-order chi connectivity index (χ0) is 27.0. The Morgan fingerprint density at radius 2 is 1.69 bits per heavy atom. The number of carbonyl (C=O) groups excluding carboxylic acids is 2. The zero-order valence-corrected chi connectivity index (χ0v) is 21.4. The van der Waals surface area contributed by atoms with Gasteiger partial charge in [0.1, 0.15) is 0 Å². The summed E-state index contributed by atoms with van der Waals surface area (Å²) in [5.41, 5.74) is 5.19. The zero-order valence-electron chi connectivity index (χ0n) is 21.4. The third-order valence-corrected chi connectivity index (χ3v) is 6.80. The number of benzene rings is 2. The van der Waals surface area contributed by atoms with E-state index in [0.29, 0.717) is 5.82 Å². The van der Waals surface area contributed by atoms with E-state index in [0.717, 1.165) is 42.5 Å². The van der Waals surface area contributed by atoms with E-state index < -0.39 is 24.0 Å². The SMILES string of the molecule is O=C(NC(Cc1ccccc1)C(O)C(=O)NOC1CCCC1)c1cccnc1-n1ccc(-c2ccccc2)n1. The van der Waals surface area contributed by atoms with Crippen molar-refractivity contribution in [2.45, 2.75) is 50.4 Å². The molecule has 1 aliphatic rings. The van der Waals surface area contributed by atoms with Crippen LogP contribution < -0.4 is 10.8 Å². The molecule has 0 spiro atoms. The van der Waals surface area contributed by atoms with Gasteiger partial charge in [-0.3, -0.25) is 14.4 Å². The van der Waals surface area contributed by atoms with E-state index in [1.54, 1.807) is 29.2 Å². The maximum atomic E-state index is 13.5. The van der Waals surface area contributed by atoms with Gasteiger partial charge in [0.05, 0.1) is 23.4 Å². The van der Waals surface area contributed by atoms with Gasteiger partial charge in [-0.1, -0.05) is 73.5 Å². The highest BCUT2D eigenvalue weighted by Gasteiger charge is 2.30. The Balaban J connectivity index is 1.35. The van der Waals surface area contributed by atoms with Gasteiger partial charge in [-0.25, -0.2) is 15.1 Å². The van der Waals surface area contributed by atoms with Gasteiger partial charge < -0.3 is 10.4 Å². The number of aliphatic hydroxyl groups is 1. The standard InChI is InChI=1S/C30H31N5O4/c36-27(30(38)34-39-23-14-7-8-15-23)26(20-21-10-3-1-4-11-21)32-29(37)24-16-9-18-31-28(24)35-19-17-25(33-35)22-12-5-2-6-13-22/h1-6,9-13,16-19,23,26-27,36H,7-8,14-15,20H2,(H,32,37)(H,34,38). The summed E-state index contributed by atoms with van der Waals surface area (Å²) < 4.78 is 1.54. The van der Waals surface area contributed by atoms with Gasteiger partial charge in [0.25, 0.3) is 11.8 Å². The molecule has 2 amide bonds. The normalized spacial score (nSPS) is 15.0. The molecule has 1 saturated carbocycles. The number of carbonyl (C=O) groups is 2. The number of nitrogens with one attached hydrogen (secondary N) is 2. The first-order valence-corrected chi connectivity index (χ1v) is 13.1. The number of hydrogen-bond donors (Lipinski definition) is 3. The molecule has 4 aromatic rings. The summed E-state index contributed by atoms with van der Waals surface area (Å²) in [7, 11) is 0. The molecule has 0 aliphatic heterocycles. The molecule has 2 unspecified atom stereocenters. The molecule has 5 rings (SSSR count). The summed E-state index contributed by atoms with van der Waals surface area (Å²) in [6.45, 7) is 0. The summed E-state index contributed by atoms with van der Waals surface area (Å²) in [6.07, 6.45) is 5.79. The monoisotopic (exact) mass is 525 g/mol. The molecule has 39 heavy (non-hydrogen) atoms. The molecule has 2 aromatic carbocycles. The summed E-state index contributed by atoms with van der Waals surface area (Å²) >= 11 is 0. The van der Waals surface area contributed by atoms with Crippen molar-refractivity contribution in [1.82, 2.24) is 25.6 Å². The molecule has 9 nitrogen and oxygen atoms in total. The number of pyridine rings is 1. The van der Waals surface area contributed by atoms with Crippen molar-refractivity contribution in [3.63, 3.8) is 0 Å². The van der Waals surface area contributed by atoms with Gasteiger partial charge in [-0.15, -0.1) is 0 Å². The minimum absolute atomic E-state index is 0.0592. The van der Waals surface area contributed by atoms with Crippen LogP contribution in [0.4, 0.5) is 0 Å². The van der Waals surface area contributed by atoms with Crippen molar-refractivity contribution < 1.29 is 19.5 Å². The van der Waals surface area contributed by atoms with E-state index in [4.69, 9.17) is 4.84 Å². The molecule has 0 bridgehead atoms. The van der Waals surface area contributed by atoms with Gasteiger partial charge >= 0.3 is 0 Å². The van der Waals surface area contributed by atoms with Crippen molar-refractivity contribution in [3.8, 4) is 17.1 Å². The van der Waals surface area contributed by atoms with Crippen molar-refractivity contribution in [2.75, 3.05) is 0 Å². The lowest BCUT2D eigenvalue weighted by molar-refractivity contribution is -0.148. The van der Waals surface area contributed by atoms with Crippen LogP contribution in [0, 0.1) is 0 Å². The number of aromatic nitrogens is 3. The second kappa shape index (κ2) is 12.5. The fraction of sp³-hybridized carbons (Fsp3) is 0.267. The fourth-order valence-electron chi connectivity index (χ4n) is 4.71. The van der Waals surface area contributed by atoms with Crippen LogP contribution >= 0.6 is 0 Å². The second-order valence-electron chi connectivity index (χ2n) is 9.59. The predicted molar refractivity (Wildman–Crippen MR) is 146 cm³/mol. The highest BCUT2D eigenvalue weighted by molar-refractivity contribution is 5.97. The third kappa shape index (κ3) is 6.57. The van der Waals surface area contributed by atoms with Gasteiger partial charge in [-0.2, -0.15) is 5.10 Å². The van der Waals surface area contributed by atoms with Crippen LogP contribution in [-0.4, -0.2) is 49.9 Å². The van der Waals surface area contributed by atoms with Crippen molar-refractivity contribution in [3.05, 3.63) is 102 Å². The van der Waals surface area contributed by atoms with E-state index in [1.165, 1.54) is 0 Å². The van der Waals surface area contributed by atoms with E-state index >= 15 is 0 Å². The number of rotatable bonds is 10. The summed E-state index contributed by atoms with van der Waals surface area (Å²) in [5, 5.41) is 18.4. The van der Waals surface area contributed by atoms with Crippen LogP contribution in [0.3, 0.4) is 0 Å². The molecular formula is C30H31N5O4. The van der Waals surface area contributed by atoms with Crippen LogP contribution in [0.15, 0.2) is 91.3 Å². The maximum Gasteiger partial charge on any atom is 0.274 e. The number of aliphatic hydroxyl groups excluding tert-OH is 1. The molecule has 2 atom stereocenters. The Bertz CT molecular complexity index is 1390. The number of amides is 2. The molecule has 200 valence electrons. The van der Waals surface area contributed by atoms with E-state index in [1.807, 2.05) is 66.7 Å². The van der Waals surface area contributed by atoms with Gasteiger partial charge in [0, 0.05) is 18.0 Å². The Kier molecular flexibility index (Phi) is 8.40. The molecule has 0 saturated heterocycles. The van der Waals surface area contributed by atoms with E-state index in [2.05, 4.69) is 20.9 Å². The average Bonchev–Trinajstić information content (AvgIpc) is 3.69. The lowest BCUT2D eigenvalue weighted by atomic mass is 10.00. The van der Waals surface area contributed by atoms with E-state index in [-0.39, 0.29) is 18.1 Å². The predicted octanol–water partition coefficient (Wildman–Crippen LogP) is 3.63. The first kappa shape index (κ1) is 26.3. The molecule has 2 heterocycles. The Labute approximate surface area is 226 Å². The largest absolute Gasteiger partial charge is 0.381 e. The minimum Gasteiger partial charge on any atom is -0.381 e. The number of hydrogen-bond acceptors (Lipinski definition) is 6. The Morgan fingerprint density at radius 1 is 0.974 bits per heavy atom. The highest BCUT2D eigenvalue weighted by Crippen LogP contribution is 2.21. The second-order valence-corrected chi connectivity index (χ2v) is 9.59. The Morgan fingerprint density at radius 3 is 2.44 bits per heavy atom. The molecule has 3 N–H and O–H groups in total. The molecule has 9 heteroatoms. The van der Waals surface area contributed by atoms with Gasteiger partial charge in [0.2, 0.25) is 0 Å². The third-order valence-electron chi connectivity index (χ3n) is 6.80. The molecule has 1 aliphatic carbocycles. The highest BCUT2D eigenvalue weighted by atomic mass is 16.7. The van der Waals surface area contributed by atoms with Crippen LogP contribution in [-0.2, 0) is 16.1 Å². The van der Waals surface area contributed by atoms with Gasteiger partial charge in [0.15, 0.2) is 11.9 Å². The number of hydroxylamine groups is 1. The number of nitrogens with zero attached hydrogens (tertiary/aromatic N) is 3. The maximum absolute atomic E-state index is 13.5. The summed E-state index contributed by atoms with van der Waals surface area (Å²) in [4.78, 5) is 36.3. The first-order chi connectivity index (χ1) is 19.1. The van der Waals surface area contributed by atoms with Crippen molar-refractivity contribution >= 4 is 11.8 Å². The molecule has 1 fully saturated rings. The molecular weight excluding hydrogens is 494 g/mol. The lowest BCUT2D eigenvalue weighted by Gasteiger charge is -2.24. The van der Waals surface area contributed by atoms with Crippen LogP contribution in [0.1, 0.15) is 41.6 Å². The van der Waals surface area contributed by atoms with Gasteiger partial charge in [-0.05, 0) is 43.0 Å². The smallest absolute Gasteiger partial charge is 0.274 e.